The van der Waals surface area contributed by atoms with E-state index in [-0.39, 0.29) is 78.6 Å². The van der Waals surface area contributed by atoms with Crippen LogP contribution in [0.5, 0.6) is 0 Å². The third kappa shape index (κ3) is 12.9. The van der Waals surface area contributed by atoms with Gasteiger partial charge in [0.2, 0.25) is 10.8 Å². The van der Waals surface area contributed by atoms with Crippen molar-refractivity contribution in [2.75, 3.05) is 0 Å². The fraction of sp³-hybridized carbons (Fsp3) is 0.897. The number of hydrogen-bond donors (Lipinski definition) is 3. The minimum absolute atomic E-state index is 0. The van der Waals surface area contributed by atoms with Gasteiger partial charge in [-0.05, 0) is 249 Å². The Bertz CT molecular complexity index is 2000. The molecule has 18 atom stereocenters. The van der Waals surface area contributed by atoms with Crippen molar-refractivity contribution in [1.82, 2.24) is 0 Å². The van der Waals surface area contributed by atoms with Crippen molar-refractivity contribution < 1.29 is 56.0 Å². The molecule has 0 aromatic heterocycles. The Morgan fingerprint density at radius 1 is 0.630 bits per heavy atom. The first-order valence-electron chi connectivity index (χ1n) is 27.4. The zero-order chi connectivity index (χ0) is 53.3. The molecule has 6 nitrogen and oxygen atoms in total. The monoisotopic (exact) mass is 1100 g/mol. The highest BCUT2D eigenvalue weighted by atomic mass is 35.5. The predicted molar refractivity (Wildman–Crippen MR) is 289 cm³/mol. The summed E-state index contributed by atoms with van der Waals surface area (Å²) < 4.78 is 85.5. The van der Waals surface area contributed by atoms with E-state index in [1.165, 1.54) is 37.3 Å². The van der Waals surface area contributed by atoms with Crippen LogP contribution in [0.25, 0.3) is 0 Å². The normalized spacial score (nSPS) is 41.9. The van der Waals surface area contributed by atoms with Gasteiger partial charge in [0, 0.05) is 13.8 Å². The Morgan fingerprint density at radius 2 is 1.00 bits per heavy atom. The number of esters is 1. The molecule has 8 rings (SSSR count). The molecule has 0 spiro atoms. The van der Waals surface area contributed by atoms with Crippen LogP contribution >= 0.6 is 38.6 Å². The quantitative estimate of drug-likeness (QED) is 0.0920. The maximum atomic E-state index is 13.7. The van der Waals surface area contributed by atoms with Crippen molar-refractivity contribution in [3.8, 4) is 0 Å². The van der Waals surface area contributed by atoms with Gasteiger partial charge in [0.05, 0.1) is 11.2 Å². The third-order valence-electron chi connectivity index (χ3n) is 22.0. The van der Waals surface area contributed by atoms with Crippen LogP contribution in [0, 0.1) is 80.8 Å². The molecule has 0 radical (unpaired) electrons. The first-order chi connectivity index (χ1) is 32.4. The molecule has 6 fully saturated rings. The van der Waals surface area contributed by atoms with Gasteiger partial charge in [0.1, 0.15) is 0 Å². The van der Waals surface area contributed by atoms with Crippen molar-refractivity contribution in [3.05, 3.63) is 23.3 Å². The number of aliphatic hydroxyl groups is 3. The van der Waals surface area contributed by atoms with E-state index in [9.17, 15) is 51.3 Å². The smallest absolute Gasteiger partial charge is 0.428 e. The number of allylic oxidation sites excluding steroid dienone is 2. The minimum atomic E-state index is -4.58. The van der Waals surface area contributed by atoms with Crippen LogP contribution in [0.4, 0.5) is 26.3 Å². The molecule has 3 N–H and O–H groups in total. The van der Waals surface area contributed by atoms with Crippen LogP contribution in [0.2, 0.25) is 0 Å². The molecule has 15 heteroatoms. The lowest BCUT2D eigenvalue weighted by Gasteiger charge is -2.59. The summed E-state index contributed by atoms with van der Waals surface area (Å²) in [7, 11) is 0. The van der Waals surface area contributed by atoms with E-state index < -0.39 is 40.7 Å². The molecule has 424 valence electrons. The summed E-state index contributed by atoms with van der Waals surface area (Å²) in [5, 5.41) is 30.9. The highest BCUT2D eigenvalue weighted by Gasteiger charge is 2.62. The molecule has 0 heterocycles. The SMILES string of the molecule is CC(=O)Cl.CC(=O)O[C@@](C)(CC[C@@H](C)[C@H]1CC[C@H]2[C@@H]3CC=C4C[C@@](C)(O)CC[C@]4(C)[C@H]3CC[C@]12C)C(F)(F)F.C[C@H](CC[C@](C)(O)C(F)(F)F)[C@H]1CC[C@H]2[C@@H]3CC=C4C[C@@](C)(O)CC[C@]4(C)[C@H]3CC[C@]12C.S.S. The lowest BCUT2D eigenvalue weighted by Crippen LogP contribution is -2.52. The van der Waals surface area contributed by atoms with Crippen LogP contribution in [-0.4, -0.2) is 61.3 Å². The van der Waals surface area contributed by atoms with Gasteiger partial charge in [-0.25, -0.2) is 0 Å². The first kappa shape index (κ1) is 64.6. The summed E-state index contributed by atoms with van der Waals surface area (Å²) in [5.41, 5.74) is -2.56. The first-order valence-corrected chi connectivity index (χ1v) is 27.8. The molecule has 0 amide bonds. The van der Waals surface area contributed by atoms with Gasteiger partial charge in [-0.2, -0.15) is 53.3 Å². The average molecular weight is 1100 g/mol. The van der Waals surface area contributed by atoms with Gasteiger partial charge in [0.15, 0.2) is 5.60 Å². The summed E-state index contributed by atoms with van der Waals surface area (Å²) in [4.78, 5) is 20.6. The second kappa shape index (κ2) is 22.7. The molecule has 0 aromatic carbocycles. The van der Waals surface area contributed by atoms with Crippen molar-refractivity contribution in [3.63, 3.8) is 0 Å². The van der Waals surface area contributed by atoms with E-state index in [1.807, 2.05) is 13.8 Å². The second-order valence-electron chi connectivity index (χ2n) is 26.9. The summed E-state index contributed by atoms with van der Waals surface area (Å²) in [6, 6.07) is 0. The maximum absolute atomic E-state index is 13.7. The number of alkyl halides is 6. The number of halogens is 7. The van der Waals surface area contributed by atoms with Crippen molar-refractivity contribution in [2.24, 2.45) is 80.8 Å². The Kier molecular flexibility index (Phi) is 20.1. The van der Waals surface area contributed by atoms with Gasteiger partial charge in [-0.15, -0.1) is 0 Å². The molecule has 8 aliphatic carbocycles. The van der Waals surface area contributed by atoms with E-state index in [1.54, 1.807) is 0 Å². The van der Waals surface area contributed by atoms with Crippen molar-refractivity contribution in [2.45, 2.75) is 246 Å². The molecular formula is C58H95ClF6O6S2. The second-order valence-corrected chi connectivity index (χ2v) is 27.5. The zero-order valence-corrected chi connectivity index (χ0v) is 49.0. The summed E-state index contributed by atoms with van der Waals surface area (Å²) >= 11 is 4.64. The Balaban J connectivity index is 0.000000288. The molecule has 0 bridgehead atoms. The number of carbonyl (C=O) groups is 2. The topological polar surface area (TPSA) is 104 Å². The fourth-order valence-corrected chi connectivity index (χ4v) is 17.7. The number of rotatable bonds is 9. The van der Waals surface area contributed by atoms with Crippen LogP contribution in [0.3, 0.4) is 0 Å². The summed E-state index contributed by atoms with van der Waals surface area (Å²) in [6.45, 7) is 22.1. The van der Waals surface area contributed by atoms with E-state index in [0.717, 1.165) is 104 Å². The van der Waals surface area contributed by atoms with Crippen LogP contribution in [0.15, 0.2) is 23.3 Å². The van der Waals surface area contributed by atoms with Gasteiger partial charge in [-0.1, -0.05) is 64.8 Å². The molecule has 0 saturated heterocycles. The van der Waals surface area contributed by atoms with Crippen molar-refractivity contribution in [1.29, 1.82) is 0 Å². The van der Waals surface area contributed by atoms with Gasteiger partial charge in [-0.3, -0.25) is 9.59 Å². The predicted octanol–water partition coefficient (Wildman–Crippen LogP) is 15.7. The molecule has 0 aliphatic heterocycles. The lowest BCUT2D eigenvalue weighted by molar-refractivity contribution is -0.266. The molecule has 0 aromatic rings. The highest BCUT2D eigenvalue weighted by Crippen LogP contribution is 2.70. The van der Waals surface area contributed by atoms with E-state index in [0.29, 0.717) is 60.2 Å². The third-order valence-corrected chi connectivity index (χ3v) is 22.0. The Morgan fingerprint density at radius 3 is 1.34 bits per heavy atom. The standard InChI is InChI=1S/C29H45F3O3.C27H43F3O2.C2H3ClO.2H2S/c1-18(11-14-28(6,29(30,31)32)35-19(2)33)22-9-10-23-21-8-7-20-17-25(3,34)15-16-26(20,4)24(21)12-13-27(22,23)5;1-17(10-13-26(5,32)27(28,29)30)20-8-9-21-19-7-6-18-16-23(2,31)14-15-24(18,3)22(19)11-12-25(20,21)4;1-2(3)4;;/h7,18,21-24,34H,8-17H2,1-6H3;6,17,19-22,31-32H,7-16H2,1-5H3;1H3;2*1H2/t18-,21+,22-,23+,24+,25+,26+,27-,28+;17-,19+,20-,21+,22+,23+,24+,25-,26+;;;/m11.../s1. The number of carbonyl (C=O) groups excluding carboxylic acids is 2. The number of fused-ring (bicyclic) bond motifs is 10. The van der Waals surface area contributed by atoms with Gasteiger partial charge < -0.3 is 20.1 Å². The lowest BCUT2D eigenvalue weighted by atomic mass is 9.46. The average Bonchev–Trinajstić information content (AvgIpc) is 3.78. The zero-order valence-electron chi connectivity index (χ0n) is 46.3. The minimum Gasteiger partial charge on any atom is -0.450 e. The molecule has 6 saturated carbocycles. The van der Waals surface area contributed by atoms with E-state index >= 15 is 0 Å². The highest BCUT2D eigenvalue weighted by molar-refractivity contribution is 7.59. The van der Waals surface area contributed by atoms with Gasteiger partial charge >= 0.3 is 18.3 Å². The van der Waals surface area contributed by atoms with Gasteiger partial charge in [0.25, 0.3) is 0 Å². The van der Waals surface area contributed by atoms with Crippen LogP contribution in [0.1, 0.15) is 212 Å². The molecule has 73 heavy (non-hydrogen) atoms. The fourth-order valence-electron chi connectivity index (χ4n) is 17.7. The number of ether oxygens (including phenoxy) is 1. The maximum Gasteiger partial charge on any atom is 0.428 e. The van der Waals surface area contributed by atoms with E-state index in [2.05, 4.69) is 65.3 Å². The van der Waals surface area contributed by atoms with Crippen molar-refractivity contribution >= 4 is 49.8 Å². The van der Waals surface area contributed by atoms with E-state index in [4.69, 9.17) is 4.74 Å². The molecule has 0 unspecified atom stereocenters. The van der Waals surface area contributed by atoms with Crippen LogP contribution in [-0.2, 0) is 14.3 Å². The Hall–Kier alpha value is -0.930. The molecular weight excluding hydrogens is 1010 g/mol. The number of hydrogen-bond acceptors (Lipinski definition) is 6. The van der Waals surface area contributed by atoms with Crippen LogP contribution < -0.4 is 0 Å². The summed E-state index contributed by atoms with van der Waals surface area (Å²) in [5.74, 6) is 4.11. The largest absolute Gasteiger partial charge is 0.450 e. The Labute approximate surface area is 454 Å². The summed E-state index contributed by atoms with van der Waals surface area (Å²) in [6.07, 6.45) is 12.9. The molecule has 8 aliphatic rings.